The number of rotatable bonds is 5. The van der Waals surface area contributed by atoms with E-state index >= 15 is 0 Å². The Morgan fingerprint density at radius 2 is 1.96 bits per heavy atom. The number of nitrogens with zero attached hydrogens (tertiary/aromatic N) is 4. The summed E-state index contributed by atoms with van der Waals surface area (Å²) in [5.74, 6) is -1.74. The fourth-order valence-corrected chi connectivity index (χ4v) is 2.72. The third-order valence-corrected chi connectivity index (χ3v) is 4.14. The summed E-state index contributed by atoms with van der Waals surface area (Å²) in [4.78, 5) is 12.4. The molecular formula is C18H15F2N7O. The molecule has 0 saturated heterocycles. The number of aromatic nitrogens is 5. The van der Waals surface area contributed by atoms with Crippen molar-refractivity contribution >= 4 is 22.8 Å². The zero-order valence-electron chi connectivity index (χ0n) is 14.7. The average Bonchev–Trinajstić information content (AvgIpc) is 3.16. The minimum atomic E-state index is -1.05. The van der Waals surface area contributed by atoms with E-state index in [-0.39, 0.29) is 29.8 Å². The summed E-state index contributed by atoms with van der Waals surface area (Å²) in [7, 11) is 1.27. The maximum atomic E-state index is 14.1. The van der Waals surface area contributed by atoms with Gasteiger partial charge in [-0.25, -0.2) is 4.39 Å². The molecule has 0 aliphatic carbocycles. The number of nitrogens with two attached hydrogens (primary N) is 1. The van der Waals surface area contributed by atoms with Crippen molar-refractivity contribution in [1.29, 1.82) is 0 Å². The average molecular weight is 383 g/mol. The fraction of sp³-hybridized carbons (Fsp3) is 0.111. The Balaban J connectivity index is 1.60. The minimum Gasteiger partial charge on any atom is -0.494 e. The van der Waals surface area contributed by atoms with Crippen LogP contribution in [0.3, 0.4) is 0 Å². The number of nitrogen functional groups attached to an aromatic ring is 1. The number of aromatic amines is 1. The lowest BCUT2D eigenvalue weighted by Gasteiger charge is -2.10. The molecule has 0 saturated carbocycles. The van der Waals surface area contributed by atoms with Crippen LogP contribution in [0.5, 0.6) is 5.75 Å². The standard InChI is InChI=1S/C18H15F2N7O/c1-28-13-5-4-11(14(19)15(13)20)7-22-18-25-16(24-17(21)26-18)9-2-3-10-8-23-27-12(10)6-9/h2-6,8H,7H2,1H3,(H,23,27)(H3,21,22,24,25,26). The third kappa shape index (κ3) is 3.27. The van der Waals surface area contributed by atoms with Crippen LogP contribution in [0, 0.1) is 11.6 Å². The smallest absolute Gasteiger partial charge is 0.228 e. The van der Waals surface area contributed by atoms with Gasteiger partial charge in [0.15, 0.2) is 17.4 Å². The number of ether oxygens (including phenoxy) is 1. The van der Waals surface area contributed by atoms with Gasteiger partial charge < -0.3 is 15.8 Å². The molecule has 0 amide bonds. The molecule has 28 heavy (non-hydrogen) atoms. The van der Waals surface area contributed by atoms with Gasteiger partial charge in [-0.1, -0.05) is 18.2 Å². The zero-order valence-corrected chi connectivity index (χ0v) is 14.7. The Kier molecular flexibility index (Phi) is 4.44. The van der Waals surface area contributed by atoms with Crippen molar-refractivity contribution in [3.8, 4) is 17.1 Å². The van der Waals surface area contributed by atoms with Crippen LogP contribution in [-0.2, 0) is 6.54 Å². The van der Waals surface area contributed by atoms with Crippen LogP contribution >= 0.6 is 0 Å². The molecule has 142 valence electrons. The topological polar surface area (TPSA) is 115 Å². The summed E-state index contributed by atoms with van der Waals surface area (Å²) >= 11 is 0. The number of methoxy groups -OCH3 is 1. The van der Waals surface area contributed by atoms with E-state index < -0.39 is 11.6 Å². The van der Waals surface area contributed by atoms with Crippen LogP contribution in [0.2, 0.25) is 0 Å². The van der Waals surface area contributed by atoms with Crippen molar-refractivity contribution in [2.45, 2.75) is 6.54 Å². The number of halogens is 2. The molecule has 4 aromatic rings. The lowest BCUT2D eigenvalue weighted by Crippen LogP contribution is -2.10. The first-order valence-electron chi connectivity index (χ1n) is 8.25. The number of anilines is 2. The number of nitrogens with one attached hydrogen (secondary N) is 2. The molecule has 10 heteroatoms. The van der Waals surface area contributed by atoms with Gasteiger partial charge in [-0.3, -0.25) is 5.10 Å². The zero-order chi connectivity index (χ0) is 19.7. The summed E-state index contributed by atoms with van der Waals surface area (Å²) < 4.78 is 32.7. The number of hydrogen-bond acceptors (Lipinski definition) is 7. The SMILES string of the molecule is COc1ccc(CNc2nc(N)nc(-c3ccc4cn[nH]c4c3)n2)c(F)c1F. The Bertz CT molecular complexity index is 1160. The highest BCUT2D eigenvalue weighted by molar-refractivity contribution is 5.82. The van der Waals surface area contributed by atoms with E-state index in [0.29, 0.717) is 11.4 Å². The Hall–Kier alpha value is -3.82. The molecule has 8 nitrogen and oxygen atoms in total. The molecule has 4 N–H and O–H groups in total. The van der Waals surface area contributed by atoms with E-state index in [9.17, 15) is 8.78 Å². The van der Waals surface area contributed by atoms with Crippen LogP contribution in [0.4, 0.5) is 20.7 Å². The Morgan fingerprint density at radius 3 is 2.79 bits per heavy atom. The molecule has 0 bridgehead atoms. The van der Waals surface area contributed by atoms with Gasteiger partial charge in [0.2, 0.25) is 17.7 Å². The highest BCUT2D eigenvalue weighted by Crippen LogP contribution is 2.24. The second-order valence-electron chi connectivity index (χ2n) is 5.92. The lowest BCUT2D eigenvalue weighted by molar-refractivity contribution is 0.370. The van der Waals surface area contributed by atoms with E-state index in [1.54, 1.807) is 6.20 Å². The molecule has 2 aromatic carbocycles. The second kappa shape index (κ2) is 7.06. The normalized spacial score (nSPS) is 11.0. The number of fused-ring (bicyclic) bond motifs is 1. The van der Waals surface area contributed by atoms with Crippen LogP contribution in [0.25, 0.3) is 22.3 Å². The number of H-pyrrole nitrogens is 1. The largest absolute Gasteiger partial charge is 0.494 e. The van der Waals surface area contributed by atoms with E-state index in [4.69, 9.17) is 10.5 Å². The minimum absolute atomic E-state index is 0.00130. The maximum absolute atomic E-state index is 14.1. The van der Waals surface area contributed by atoms with E-state index in [1.165, 1.54) is 19.2 Å². The van der Waals surface area contributed by atoms with E-state index in [2.05, 4.69) is 30.5 Å². The molecule has 0 atom stereocenters. The van der Waals surface area contributed by atoms with Crippen molar-refractivity contribution in [3.05, 3.63) is 53.7 Å². The first-order chi connectivity index (χ1) is 13.5. The summed E-state index contributed by atoms with van der Waals surface area (Å²) in [5, 5.41) is 10.6. The molecule has 0 radical (unpaired) electrons. The number of benzene rings is 2. The molecule has 0 aliphatic rings. The van der Waals surface area contributed by atoms with Gasteiger partial charge in [-0.15, -0.1) is 0 Å². The molecule has 4 rings (SSSR count). The van der Waals surface area contributed by atoms with Crippen molar-refractivity contribution < 1.29 is 13.5 Å². The molecule has 2 aromatic heterocycles. The van der Waals surface area contributed by atoms with Crippen LogP contribution < -0.4 is 15.8 Å². The summed E-state index contributed by atoms with van der Waals surface area (Å²) in [6, 6.07) is 8.30. The van der Waals surface area contributed by atoms with Gasteiger partial charge in [0.1, 0.15) is 0 Å². The summed E-state index contributed by atoms with van der Waals surface area (Å²) in [6.45, 7) is -0.0464. The van der Waals surface area contributed by atoms with Crippen molar-refractivity contribution in [1.82, 2.24) is 25.1 Å². The second-order valence-corrected chi connectivity index (χ2v) is 5.92. The number of hydrogen-bond donors (Lipinski definition) is 3. The van der Waals surface area contributed by atoms with Gasteiger partial charge in [0.05, 0.1) is 18.8 Å². The highest BCUT2D eigenvalue weighted by atomic mass is 19.2. The third-order valence-electron chi connectivity index (χ3n) is 4.14. The van der Waals surface area contributed by atoms with Gasteiger partial charge in [0.25, 0.3) is 0 Å². The predicted octanol–water partition coefficient (Wildman–Crippen LogP) is 2.90. The van der Waals surface area contributed by atoms with Gasteiger partial charge >= 0.3 is 0 Å². The van der Waals surface area contributed by atoms with Gasteiger partial charge in [-0.05, 0) is 12.1 Å². The summed E-state index contributed by atoms with van der Waals surface area (Å²) in [5.41, 5.74) is 7.40. The molecule has 0 fully saturated rings. The predicted molar refractivity (Wildman–Crippen MR) is 99.6 cm³/mol. The summed E-state index contributed by atoms with van der Waals surface area (Å²) in [6.07, 6.45) is 1.70. The van der Waals surface area contributed by atoms with Crippen molar-refractivity contribution in [2.24, 2.45) is 0 Å². The van der Waals surface area contributed by atoms with Gasteiger partial charge in [-0.2, -0.15) is 24.4 Å². The lowest BCUT2D eigenvalue weighted by atomic mass is 10.1. The molecule has 0 spiro atoms. The van der Waals surface area contributed by atoms with E-state index in [1.807, 2.05) is 18.2 Å². The monoisotopic (exact) mass is 383 g/mol. The fourth-order valence-electron chi connectivity index (χ4n) is 2.72. The first-order valence-corrected chi connectivity index (χ1v) is 8.25. The molecular weight excluding hydrogens is 368 g/mol. The molecule has 0 aliphatic heterocycles. The first kappa shape index (κ1) is 17.6. The van der Waals surface area contributed by atoms with Gasteiger partial charge in [0, 0.05) is 23.1 Å². The maximum Gasteiger partial charge on any atom is 0.228 e. The molecule has 2 heterocycles. The van der Waals surface area contributed by atoms with Crippen LogP contribution in [0.1, 0.15) is 5.56 Å². The quantitative estimate of drug-likeness (QED) is 0.485. The van der Waals surface area contributed by atoms with Crippen molar-refractivity contribution in [3.63, 3.8) is 0 Å². The van der Waals surface area contributed by atoms with Crippen molar-refractivity contribution in [2.75, 3.05) is 18.2 Å². The Morgan fingerprint density at radius 1 is 1.11 bits per heavy atom. The Labute approximate surface area is 157 Å². The highest BCUT2D eigenvalue weighted by Gasteiger charge is 2.14. The van der Waals surface area contributed by atoms with Crippen LogP contribution in [0.15, 0.2) is 36.5 Å². The van der Waals surface area contributed by atoms with Crippen LogP contribution in [-0.4, -0.2) is 32.3 Å². The van der Waals surface area contributed by atoms with E-state index in [0.717, 1.165) is 10.9 Å². The molecule has 0 unspecified atom stereocenters.